The van der Waals surface area contributed by atoms with E-state index in [1.54, 1.807) is 0 Å². The number of benzene rings is 1. The molecule has 0 aliphatic heterocycles. The molecule has 1 aromatic carbocycles. The predicted molar refractivity (Wildman–Crippen MR) is 82.4 cm³/mol. The summed E-state index contributed by atoms with van der Waals surface area (Å²) in [7, 11) is 0. The Bertz CT molecular complexity index is 602. The Morgan fingerprint density at radius 1 is 1.05 bits per heavy atom. The lowest BCUT2D eigenvalue weighted by Crippen LogP contribution is -2.09. The van der Waals surface area contributed by atoms with Crippen molar-refractivity contribution >= 4 is 27.6 Å². The first-order chi connectivity index (χ1) is 10.1. The van der Waals surface area contributed by atoms with Gasteiger partial charge in [-0.25, -0.2) is 18.7 Å². The van der Waals surface area contributed by atoms with Crippen LogP contribution in [0, 0.1) is 11.6 Å². The molecule has 1 aromatic heterocycles. The van der Waals surface area contributed by atoms with Crippen LogP contribution in [0.4, 0.5) is 20.4 Å². The van der Waals surface area contributed by atoms with Gasteiger partial charge in [-0.15, -0.1) is 0 Å². The molecule has 0 radical (unpaired) electrons. The predicted octanol–water partition coefficient (Wildman–Crippen LogP) is 3.60. The molecule has 2 aromatic rings. The summed E-state index contributed by atoms with van der Waals surface area (Å²) in [4.78, 5) is 8.24. The van der Waals surface area contributed by atoms with Gasteiger partial charge in [0.05, 0.1) is 0 Å². The van der Waals surface area contributed by atoms with Gasteiger partial charge in [-0.05, 0) is 47.0 Å². The summed E-state index contributed by atoms with van der Waals surface area (Å²) in [6.45, 7) is 3.22. The van der Waals surface area contributed by atoms with Crippen LogP contribution in [0.5, 0.6) is 0 Å². The zero-order chi connectivity index (χ0) is 15.2. The Balaban J connectivity index is 1.98. The number of nitrogens with one attached hydrogen (secondary N) is 2. The second kappa shape index (κ2) is 7.31. The Hall–Kier alpha value is -1.76. The molecule has 0 aliphatic rings. The van der Waals surface area contributed by atoms with Gasteiger partial charge in [0.2, 0.25) is 0 Å². The summed E-state index contributed by atoms with van der Waals surface area (Å²) in [6, 6.07) is 3.51. The Kier molecular flexibility index (Phi) is 5.44. The standard InChI is InChI=1S/C14H15BrF2N4/c1-2-18-13-12(15)14(21-8-20-13)19-4-3-9-5-10(16)7-11(17)6-9/h5-8H,2-4H2,1H3,(H2,18,19,20,21). The number of anilines is 2. The molecule has 0 aliphatic carbocycles. The van der Waals surface area contributed by atoms with Crippen LogP contribution in [0.2, 0.25) is 0 Å². The van der Waals surface area contributed by atoms with Crippen LogP contribution < -0.4 is 10.6 Å². The third-order valence-electron chi connectivity index (χ3n) is 2.76. The van der Waals surface area contributed by atoms with E-state index in [0.29, 0.717) is 30.2 Å². The Morgan fingerprint density at radius 3 is 2.29 bits per heavy atom. The minimum Gasteiger partial charge on any atom is -0.369 e. The SMILES string of the molecule is CCNc1ncnc(NCCc2cc(F)cc(F)c2)c1Br. The Labute approximate surface area is 130 Å². The number of nitrogens with zero attached hydrogens (tertiary/aromatic N) is 2. The Morgan fingerprint density at radius 2 is 1.67 bits per heavy atom. The van der Waals surface area contributed by atoms with E-state index in [4.69, 9.17) is 0 Å². The molecular formula is C14H15BrF2N4. The fourth-order valence-electron chi connectivity index (χ4n) is 1.86. The summed E-state index contributed by atoms with van der Waals surface area (Å²) >= 11 is 3.42. The molecule has 1 heterocycles. The second-order valence-electron chi connectivity index (χ2n) is 4.37. The third-order valence-corrected chi connectivity index (χ3v) is 3.51. The number of rotatable bonds is 6. The van der Waals surface area contributed by atoms with Crippen molar-refractivity contribution in [2.45, 2.75) is 13.3 Å². The van der Waals surface area contributed by atoms with Crippen LogP contribution in [0.15, 0.2) is 29.0 Å². The topological polar surface area (TPSA) is 49.8 Å². The van der Waals surface area contributed by atoms with Crippen molar-refractivity contribution in [1.29, 1.82) is 0 Å². The van der Waals surface area contributed by atoms with Gasteiger partial charge in [0.25, 0.3) is 0 Å². The molecule has 0 unspecified atom stereocenters. The van der Waals surface area contributed by atoms with Gasteiger partial charge in [-0.1, -0.05) is 0 Å². The van der Waals surface area contributed by atoms with E-state index in [9.17, 15) is 8.78 Å². The minimum absolute atomic E-state index is 0.488. The van der Waals surface area contributed by atoms with Crippen LogP contribution in [-0.2, 0) is 6.42 Å². The highest BCUT2D eigenvalue weighted by atomic mass is 79.9. The highest BCUT2D eigenvalue weighted by molar-refractivity contribution is 9.10. The second-order valence-corrected chi connectivity index (χ2v) is 5.16. The number of hydrogen-bond acceptors (Lipinski definition) is 4. The van der Waals surface area contributed by atoms with Gasteiger partial charge in [0.1, 0.15) is 34.1 Å². The van der Waals surface area contributed by atoms with Crippen molar-refractivity contribution < 1.29 is 8.78 Å². The van der Waals surface area contributed by atoms with E-state index in [-0.39, 0.29) is 0 Å². The molecule has 2 rings (SSSR count). The van der Waals surface area contributed by atoms with E-state index in [1.807, 2.05) is 6.92 Å². The van der Waals surface area contributed by atoms with Gasteiger partial charge < -0.3 is 10.6 Å². The maximum atomic E-state index is 13.1. The van der Waals surface area contributed by atoms with Crippen LogP contribution in [0.3, 0.4) is 0 Å². The van der Waals surface area contributed by atoms with Crippen LogP contribution in [-0.4, -0.2) is 23.1 Å². The molecule has 21 heavy (non-hydrogen) atoms. The molecule has 2 N–H and O–H groups in total. The maximum absolute atomic E-state index is 13.1. The average Bonchev–Trinajstić information content (AvgIpc) is 2.42. The summed E-state index contributed by atoms with van der Waals surface area (Å²) in [5, 5.41) is 6.22. The largest absolute Gasteiger partial charge is 0.369 e. The molecule has 0 saturated heterocycles. The average molecular weight is 357 g/mol. The minimum atomic E-state index is -0.567. The molecule has 0 bridgehead atoms. The normalized spacial score (nSPS) is 10.5. The lowest BCUT2D eigenvalue weighted by Gasteiger charge is -2.11. The van der Waals surface area contributed by atoms with Gasteiger partial charge in [0.15, 0.2) is 0 Å². The van der Waals surface area contributed by atoms with Crippen molar-refractivity contribution in [3.63, 3.8) is 0 Å². The lowest BCUT2D eigenvalue weighted by molar-refractivity contribution is 0.580. The lowest BCUT2D eigenvalue weighted by atomic mass is 10.1. The highest BCUT2D eigenvalue weighted by Crippen LogP contribution is 2.26. The summed E-state index contributed by atoms with van der Waals surface area (Å²) in [5.74, 6) is 0.204. The van der Waals surface area contributed by atoms with Crippen molar-refractivity contribution in [3.05, 3.63) is 46.2 Å². The van der Waals surface area contributed by atoms with Crippen LogP contribution in [0.1, 0.15) is 12.5 Å². The van der Waals surface area contributed by atoms with Crippen LogP contribution in [0.25, 0.3) is 0 Å². The van der Waals surface area contributed by atoms with Gasteiger partial charge in [-0.3, -0.25) is 0 Å². The van der Waals surface area contributed by atoms with Crippen molar-refractivity contribution in [2.24, 2.45) is 0 Å². The molecule has 0 fully saturated rings. The highest BCUT2D eigenvalue weighted by Gasteiger charge is 2.07. The first-order valence-corrected chi connectivity index (χ1v) is 7.32. The molecular weight excluding hydrogens is 342 g/mol. The van der Waals surface area contributed by atoms with Gasteiger partial charge in [-0.2, -0.15) is 0 Å². The zero-order valence-electron chi connectivity index (χ0n) is 11.5. The monoisotopic (exact) mass is 356 g/mol. The van der Waals surface area contributed by atoms with E-state index in [0.717, 1.165) is 17.1 Å². The maximum Gasteiger partial charge on any atom is 0.145 e. The van der Waals surface area contributed by atoms with Crippen LogP contribution >= 0.6 is 15.9 Å². The first kappa shape index (κ1) is 15.6. The quantitative estimate of drug-likeness (QED) is 0.830. The third kappa shape index (κ3) is 4.35. The summed E-state index contributed by atoms with van der Waals surface area (Å²) in [6.07, 6.45) is 1.94. The molecule has 0 saturated carbocycles. The fourth-order valence-corrected chi connectivity index (χ4v) is 2.35. The van der Waals surface area contributed by atoms with E-state index >= 15 is 0 Å². The summed E-state index contributed by atoms with van der Waals surface area (Å²) in [5.41, 5.74) is 0.595. The van der Waals surface area contributed by atoms with Gasteiger partial charge >= 0.3 is 0 Å². The molecule has 0 amide bonds. The number of halogens is 3. The smallest absolute Gasteiger partial charge is 0.145 e. The zero-order valence-corrected chi connectivity index (χ0v) is 13.0. The molecule has 7 heteroatoms. The molecule has 0 spiro atoms. The van der Waals surface area contributed by atoms with Gasteiger partial charge in [0, 0.05) is 19.2 Å². The van der Waals surface area contributed by atoms with Crippen molar-refractivity contribution in [1.82, 2.24) is 9.97 Å². The van der Waals surface area contributed by atoms with E-state index < -0.39 is 11.6 Å². The van der Waals surface area contributed by atoms with E-state index in [2.05, 4.69) is 36.5 Å². The van der Waals surface area contributed by atoms with Crippen molar-refractivity contribution in [2.75, 3.05) is 23.7 Å². The van der Waals surface area contributed by atoms with E-state index in [1.165, 1.54) is 18.5 Å². The molecule has 0 atom stereocenters. The number of hydrogen-bond donors (Lipinski definition) is 2. The number of aromatic nitrogens is 2. The summed E-state index contributed by atoms with van der Waals surface area (Å²) < 4.78 is 26.9. The van der Waals surface area contributed by atoms with Crippen molar-refractivity contribution in [3.8, 4) is 0 Å². The molecule has 112 valence electrons. The first-order valence-electron chi connectivity index (χ1n) is 6.53. The molecule has 4 nitrogen and oxygen atoms in total. The fraction of sp³-hybridized carbons (Fsp3) is 0.286.